The van der Waals surface area contributed by atoms with Crippen molar-refractivity contribution in [3.63, 3.8) is 0 Å². The third-order valence-corrected chi connectivity index (χ3v) is 3.25. The van der Waals surface area contributed by atoms with Crippen LogP contribution in [0.1, 0.15) is 39.0 Å². The first-order valence-corrected chi connectivity index (χ1v) is 5.65. The average Bonchev–Trinajstić information content (AvgIpc) is 2.26. The van der Waals surface area contributed by atoms with Gasteiger partial charge in [0.15, 0.2) is 6.10 Å². The Labute approximate surface area is 94.8 Å². The number of carbonyl (C=O) groups excluding carboxylic acids is 1. The van der Waals surface area contributed by atoms with E-state index in [0.717, 1.165) is 32.1 Å². The lowest BCUT2D eigenvalue weighted by Crippen LogP contribution is -2.44. The quantitative estimate of drug-likeness (QED) is 0.656. The second kappa shape index (κ2) is 5.30. The summed E-state index contributed by atoms with van der Waals surface area (Å²) in [4.78, 5) is 22.2. The van der Waals surface area contributed by atoms with Gasteiger partial charge in [-0.15, -0.1) is 0 Å². The van der Waals surface area contributed by atoms with Gasteiger partial charge in [0.05, 0.1) is 6.54 Å². The summed E-state index contributed by atoms with van der Waals surface area (Å²) in [6.45, 7) is 1.68. The van der Waals surface area contributed by atoms with Crippen molar-refractivity contribution in [2.45, 2.75) is 45.1 Å². The standard InChI is InChI=1S/C11H19NO4/c1-11(5-3-2-4-6-11)10(16)12-7-8(13)9(14)15/h8,13H,2-7H2,1H3,(H,12,16)(H,14,15). The van der Waals surface area contributed by atoms with Gasteiger partial charge in [0.1, 0.15) is 0 Å². The first-order chi connectivity index (χ1) is 7.46. The van der Waals surface area contributed by atoms with E-state index in [0.29, 0.717) is 0 Å². The van der Waals surface area contributed by atoms with Gasteiger partial charge < -0.3 is 15.5 Å². The van der Waals surface area contributed by atoms with Crippen LogP contribution in [0.25, 0.3) is 0 Å². The number of rotatable bonds is 4. The fourth-order valence-electron chi connectivity index (χ4n) is 2.05. The third kappa shape index (κ3) is 3.20. The maximum absolute atomic E-state index is 11.8. The fourth-order valence-corrected chi connectivity index (χ4v) is 2.05. The highest BCUT2D eigenvalue weighted by Crippen LogP contribution is 2.35. The van der Waals surface area contributed by atoms with Crippen LogP contribution in [0, 0.1) is 5.41 Å². The molecule has 1 aliphatic rings. The molecule has 3 N–H and O–H groups in total. The fraction of sp³-hybridized carbons (Fsp3) is 0.818. The van der Waals surface area contributed by atoms with E-state index >= 15 is 0 Å². The molecule has 0 aromatic heterocycles. The Kier molecular flexibility index (Phi) is 4.29. The molecular formula is C11H19NO4. The van der Waals surface area contributed by atoms with Gasteiger partial charge in [-0.2, -0.15) is 0 Å². The summed E-state index contributed by atoms with van der Waals surface area (Å²) < 4.78 is 0. The van der Waals surface area contributed by atoms with Gasteiger partial charge in [-0.3, -0.25) is 4.79 Å². The van der Waals surface area contributed by atoms with E-state index < -0.39 is 17.5 Å². The molecule has 1 rings (SSSR count). The molecule has 0 bridgehead atoms. The van der Waals surface area contributed by atoms with Crippen LogP contribution in [0.2, 0.25) is 0 Å². The second-order valence-corrected chi connectivity index (χ2v) is 4.69. The molecule has 16 heavy (non-hydrogen) atoms. The molecule has 0 radical (unpaired) electrons. The van der Waals surface area contributed by atoms with Crippen molar-refractivity contribution in [1.29, 1.82) is 0 Å². The van der Waals surface area contributed by atoms with Crippen molar-refractivity contribution >= 4 is 11.9 Å². The van der Waals surface area contributed by atoms with Crippen LogP contribution in [0.15, 0.2) is 0 Å². The minimum Gasteiger partial charge on any atom is -0.479 e. The molecule has 5 heteroatoms. The van der Waals surface area contributed by atoms with Gasteiger partial charge >= 0.3 is 5.97 Å². The Bertz CT molecular complexity index is 271. The van der Waals surface area contributed by atoms with Gasteiger partial charge in [0.25, 0.3) is 0 Å². The smallest absolute Gasteiger partial charge is 0.334 e. The highest BCUT2D eigenvalue weighted by Gasteiger charge is 2.34. The number of carboxylic acids is 1. The van der Waals surface area contributed by atoms with Crippen molar-refractivity contribution in [1.82, 2.24) is 5.32 Å². The molecule has 92 valence electrons. The highest BCUT2D eigenvalue weighted by molar-refractivity contribution is 5.83. The number of carboxylic acid groups (broad SMARTS) is 1. The first kappa shape index (κ1) is 13.0. The van der Waals surface area contributed by atoms with E-state index in [1.54, 1.807) is 0 Å². The lowest BCUT2D eigenvalue weighted by atomic mass is 9.75. The van der Waals surface area contributed by atoms with E-state index in [2.05, 4.69) is 5.32 Å². The number of hydrogen-bond acceptors (Lipinski definition) is 3. The first-order valence-electron chi connectivity index (χ1n) is 5.65. The summed E-state index contributed by atoms with van der Waals surface area (Å²) in [5.41, 5.74) is -0.392. The SMILES string of the molecule is CC1(C(=O)NCC(O)C(=O)O)CCCCC1. The van der Waals surface area contributed by atoms with Crippen molar-refractivity contribution in [3.05, 3.63) is 0 Å². The lowest BCUT2D eigenvalue weighted by molar-refractivity contribution is -0.146. The predicted octanol–water partition coefficient (Wildman–Crippen LogP) is 0.518. The zero-order chi connectivity index (χ0) is 12.2. The van der Waals surface area contributed by atoms with Crippen molar-refractivity contribution in [2.75, 3.05) is 6.54 Å². The van der Waals surface area contributed by atoms with Gasteiger partial charge in [-0.25, -0.2) is 4.79 Å². The zero-order valence-electron chi connectivity index (χ0n) is 9.53. The Morgan fingerprint density at radius 2 is 1.88 bits per heavy atom. The monoisotopic (exact) mass is 229 g/mol. The Morgan fingerprint density at radius 3 is 2.38 bits per heavy atom. The molecule has 1 aliphatic carbocycles. The van der Waals surface area contributed by atoms with Crippen molar-refractivity contribution < 1.29 is 19.8 Å². The molecule has 1 atom stereocenters. The third-order valence-electron chi connectivity index (χ3n) is 3.25. The minimum absolute atomic E-state index is 0.146. The summed E-state index contributed by atoms with van der Waals surface area (Å²) in [6, 6.07) is 0. The number of nitrogens with one attached hydrogen (secondary N) is 1. The van der Waals surface area contributed by atoms with Crippen LogP contribution in [-0.4, -0.2) is 34.7 Å². The summed E-state index contributed by atoms with van der Waals surface area (Å²) in [5.74, 6) is -1.46. The molecule has 1 saturated carbocycles. The maximum Gasteiger partial charge on any atom is 0.334 e. The van der Waals surface area contributed by atoms with Crippen molar-refractivity contribution in [2.24, 2.45) is 5.41 Å². The summed E-state index contributed by atoms with van der Waals surface area (Å²) in [5, 5.41) is 20.0. The van der Waals surface area contributed by atoms with Gasteiger partial charge in [0, 0.05) is 5.41 Å². The molecule has 5 nitrogen and oxygen atoms in total. The Morgan fingerprint density at radius 1 is 1.31 bits per heavy atom. The van der Waals surface area contributed by atoms with Gasteiger partial charge in [-0.1, -0.05) is 26.2 Å². The van der Waals surface area contributed by atoms with Crippen molar-refractivity contribution in [3.8, 4) is 0 Å². The summed E-state index contributed by atoms with van der Waals surface area (Å²) in [7, 11) is 0. The molecule has 1 amide bonds. The Hall–Kier alpha value is -1.10. The highest BCUT2D eigenvalue weighted by atomic mass is 16.4. The van der Waals surface area contributed by atoms with Crippen LogP contribution in [-0.2, 0) is 9.59 Å². The molecule has 0 aliphatic heterocycles. The van der Waals surface area contributed by atoms with Crippen LogP contribution >= 0.6 is 0 Å². The summed E-state index contributed by atoms with van der Waals surface area (Å²) in [6.07, 6.45) is 3.37. The largest absolute Gasteiger partial charge is 0.479 e. The number of hydrogen-bond donors (Lipinski definition) is 3. The second-order valence-electron chi connectivity index (χ2n) is 4.69. The normalized spacial score (nSPS) is 21.1. The topological polar surface area (TPSA) is 86.6 Å². The lowest BCUT2D eigenvalue weighted by Gasteiger charge is -2.32. The number of aliphatic hydroxyl groups excluding tert-OH is 1. The van der Waals surface area contributed by atoms with Crippen LogP contribution < -0.4 is 5.32 Å². The average molecular weight is 229 g/mol. The van der Waals surface area contributed by atoms with Gasteiger partial charge in [0.2, 0.25) is 5.91 Å². The van der Waals surface area contributed by atoms with Gasteiger partial charge in [-0.05, 0) is 12.8 Å². The van der Waals surface area contributed by atoms with E-state index in [1.807, 2.05) is 6.92 Å². The molecule has 0 saturated heterocycles. The number of amides is 1. The van der Waals surface area contributed by atoms with E-state index in [1.165, 1.54) is 0 Å². The van der Waals surface area contributed by atoms with E-state index in [9.17, 15) is 9.59 Å². The number of carbonyl (C=O) groups is 2. The zero-order valence-corrected chi connectivity index (χ0v) is 9.53. The number of aliphatic carboxylic acids is 1. The van der Waals surface area contributed by atoms with Crippen LogP contribution in [0.3, 0.4) is 0 Å². The van der Waals surface area contributed by atoms with Crippen LogP contribution in [0.5, 0.6) is 0 Å². The van der Waals surface area contributed by atoms with E-state index in [-0.39, 0.29) is 12.5 Å². The van der Waals surface area contributed by atoms with E-state index in [4.69, 9.17) is 10.2 Å². The summed E-state index contributed by atoms with van der Waals surface area (Å²) >= 11 is 0. The van der Waals surface area contributed by atoms with Crippen LogP contribution in [0.4, 0.5) is 0 Å². The Balaban J connectivity index is 2.42. The molecule has 0 aromatic carbocycles. The molecular weight excluding hydrogens is 210 g/mol. The molecule has 0 aromatic rings. The molecule has 1 fully saturated rings. The minimum atomic E-state index is -1.52. The predicted molar refractivity (Wildman–Crippen MR) is 57.8 cm³/mol. The maximum atomic E-state index is 11.8. The molecule has 1 unspecified atom stereocenters. The molecule has 0 spiro atoms. The molecule has 0 heterocycles. The number of aliphatic hydroxyl groups is 1.